The van der Waals surface area contributed by atoms with Crippen LogP contribution in [0.4, 0.5) is 5.69 Å². The number of amides is 1. The van der Waals surface area contributed by atoms with Crippen LogP contribution in [0.25, 0.3) is 0 Å². The zero-order chi connectivity index (χ0) is 18.1. The molecule has 2 aromatic carbocycles. The Hall–Kier alpha value is -2.79. The molecule has 5 nitrogen and oxygen atoms in total. The van der Waals surface area contributed by atoms with E-state index in [1.807, 2.05) is 31.2 Å². The number of hydrogen-bond donors (Lipinski definition) is 2. The van der Waals surface area contributed by atoms with E-state index in [1.54, 1.807) is 31.4 Å². The molecule has 0 unspecified atom stereocenters. The smallest absolute Gasteiger partial charge is 0.255 e. The highest BCUT2D eigenvalue weighted by molar-refractivity contribution is 6.05. The van der Waals surface area contributed by atoms with Crippen molar-refractivity contribution in [1.82, 2.24) is 5.32 Å². The zero-order valence-electron chi connectivity index (χ0n) is 14.7. The van der Waals surface area contributed by atoms with Crippen LogP contribution in [0.15, 0.2) is 55.1 Å². The van der Waals surface area contributed by atoms with Crippen LogP contribution in [0.1, 0.15) is 22.8 Å². The van der Waals surface area contributed by atoms with Gasteiger partial charge in [0, 0.05) is 17.8 Å². The molecule has 5 heteroatoms. The molecule has 0 aliphatic heterocycles. The van der Waals surface area contributed by atoms with Gasteiger partial charge in [-0.15, -0.1) is 0 Å². The predicted octanol–water partition coefficient (Wildman–Crippen LogP) is 3.62. The Morgan fingerprint density at radius 3 is 2.72 bits per heavy atom. The number of anilines is 1. The monoisotopic (exact) mass is 340 g/mol. The van der Waals surface area contributed by atoms with Crippen molar-refractivity contribution in [1.29, 1.82) is 0 Å². The predicted molar refractivity (Wildman–Crippen MR) is 100 cm³/mol. The van der Waals surface area contributed by atoms with Crippen LogP contribution in [-0.2, 0) is 6.54 Å². The summed E-state index contributed by atoms with van der Waals surface area (Å²) in [5, 5.41) is 6.23. The molecule has 25 heavy (non-hydrogen) atoms. The third kappa shape index (κ3) is 5.09. The molecule has 132 valence electrons. The summed E-state index contributed by atoms with van der Waals surface area (Å²) in [5.41, 5.74) is 2.33. The van der Waals surface area contributed by atoms with Gasteiger partial charge in [-0.2, -0.15) is 0 Å². The van der Waals surface area contributed by atoms with Gasteiger partial charge in [0.2, 0.25) is 0 Å². The van der Waals surface area contributed by atoms with Crippen molar-refractivity contribution >= 4 is 11.6 Å². The minimum atomic E-state index is -0.197. The van der Waals surface area contributed by atoms with E-state index in [4.69, 9.17) is 9.47 Å². The van der Waals surface area contributed by atoms with Crippen molar-refractivity contribution in [3.63, 3.8) is 0 Å². The second-order valence-electron chi connectivity index (χ2n) is 5.36. The van der Waals surface area contributed by atoms with Crippen LogP contribution < -0.4 is 20.1 Å². The first-order valence-electron chi connectivity index (χ1n) is 8.21. The van der Waals surface area contributed by atoms with E-state index >= 15 is 0 Å². The maximum Gasteiger partial charge on any atom is 0.255 e. The van der Waals surface area contributed by atoms with Crippen molar-refractivity contribution in [2.75, 3.05) is 25.6 Å². The number of ether oxygens (including phenoxy) is 2. The third-order valence-electron chi connectivity index (χ3n) is 3.61. The van der Waals surface area contributed by atoms with Crippen molar-refractivity contribution in [2.24, 2.45) is 0 Å². The van der Waals surface area contributed by atoms with E-state index in [1.165, 1.54) is 0 Å². The van der Waals surface area contributed by atoms with E-state index in [0.717, 1.165) is 17.8 Å². The van der Waals surface area contributed by atoms with Gasteiger partial charge in [-0.05, 0) is 36.4 Å². The number of nitrogens with one attached hydrogen (secondary N) is 2. The second kappa shape index (κ2) is 9.49. The molecule has 0 aromatic heterocycles. The molecule has 0 fully saturated rings. The highest BCUT2D eigenvalue weighted by Gasteiger charge is 2.12. The Morgan fingerprint density at radius 2 is 2.00 bits per heavy atom. The molecule has 0 aliphatic carbocycles. The molecule has 0 saturated heterocycles. The molecule has 0 heterocycles. The summed E-state index contributed by atoms with van der Waals surface area (Å²) in [6, 6.07) is 12.8. The van der Waals surface area contributed by atoms with Gasteiger partial charge in [-0.25, -0.2) is 0 Å². The molecule has 2 aromatic rings. The summed E-state index contributed by atoms with van der Waals surface area (Å²) >= 11 is 0. The Morgan fingerprint density at radius 1 is 1.20 bits per heavy atom. The number of rotatable bonds is 9. The first-order valence-corrected chi connectivity index (χ1v) is 8.21. The van der Waals surface area contributed by atoms with Gasteiger partial charge in [0.15, 0.2) is 11.5 Å². The van der Waals surface area contributed by atoms with E-state index in [9.17, 15) is 4.79 Å². The highest BCUT2D eigenvalue weighted by atomic mass is 16.5. The minimum absolute atomic E-state index is 0.197. The number of methoxy groups -OCH3 is 1. The quantitative estimate of drug-likeness (QED) is 0.685. The van der Waals surface area contributed by atoms with Crippen LogP contribution in [0.3, 0.4) is 0 Å². The average Bonchev–Trinajstić information content (AvgIpc) is 2.65. The molecule has 1 amide bonds. The lowest BCUT2D eigenvalue weighted by Gasteiger charge is -2.13. The normalized spacial score (nSPS) is 10.2. The molecule has 0 bridgehead atoms. The second-order valence-corrected chi connectivity index (χ2v) is 5.36. The molecule has 0 saturated carbocycles. The van der Waals surface area contributed by atoms with Crippen LogP contribution in [0.2, 0.25) is 0 Å². The van der Waals surface area contributed by atoms with Crippen molar-refractivity contribution in [3.8, 4) is 11.5 Å². The summed E-state index contributed by atoms with van der Waals surface area (Å²) in [6.45, 7) is 7.60. The SMILES string of the molecule is C=CCOc1ccc(C(=O)Nc2ccccc2CNCC)cc1OC. The van der Waals surface area contributed by atoms with Gasteiger partial charge in [0.1, 0.15) is 6.61 Å². The molecular weight excluding hydrogens is 316 g/mol. The first kappa shape index (κ1) is 18.5. The lowest BCUT2D eigenvalue weighted by atomic mass is 10.1. The number of hydrogen-bond acceptors (Lipinski definition) is 4. The lowest BCUT2D eigenvalue weighted by molar-refractivity contribution is 0.102. The number of para-hydroxylation sites is 1. The lowest BCUT2D eigenvalue weighted by Crippen LogP contribution is -2.17. The molecule has 0 radical (unpaired) electrons. The topological polar surface area (TPSA) is 59.6 Å². The van der Waals surface area contributed by atoms with Gasteiger partial charge in [0.25, 0.3) is 5.91 Å². The van der Waals surface area contributed by atoms with Gasteiger partial charge in [-0.1, -0.05) is 37.8 Å². The zero-order valence-corrected chi connectivity index (χ0v) is 14.7. The van der Waals surface area contributed by atoms with Crippen molar-refractivity contribution in [3.05, 3.63) is 66.2 Å². The molecule has 0 atom stereocenters. The van der Waals surface area contributed by atoms with Gasteiger partial charge >= 0.3 is 0 Å². The molecule has 2 N–H and O–H groups in total. The Bertz CT molecular complexity index is 729. The summed E-state index contributed by atoms with van der Waals surface area (Å²) in [7, 11) is 1.55. The van der Waals surface area contributed by atoms with E-state index < -0.39 is 0 Å². The fourth-order valence-corrected chi connectivity index (χ4v) is 2.33. The average molecular weight is 340 g/mol. The fourth-order valence-electron chi connectivity index (χ4n) is 2.33. The Kier molecular flexibility index (Phi) is 7.04. The molecule has 0 aliphatic rings. The third-order valence-corrected chi connectivity index (χ3v) is 3.61. The van der Waals surface area contributed by atoms with Gasteiger partial charge in [-0.3, -0.25) is 4.79 Å². The Balaban J connectivity index is 2.17. The van der Waals surface area contributed by atoms with Crippen molar-refractivity contribution < 1.29 is 14.3 Å². The first-order chi connectivity index (χ1) is 12.2. The number of benzene rings is 2. The van der Waals surface area contributed by atoms with Crippen LogP contribution in [0, 0.1) is 0 Å². The van der Waals surface area contributed by atoms with Gasteiger partial charge in [0.05, 0.1) is 7.11 Å². The number of carbonyl (C=O) groups is 1. The van der Waals surface area contributed by atoms with Crippen LogP contribution >= 0.6 is 0 Å². The van der Waals surface area contributed by atoms with Crippen LogP contribution in [0.5, 0.6) is 11.5 Å². The summed E-state index contributed by atoms with van der Waals surface area (Å²) in [4.78, 5) is 12.6. The molecule has 2 rings (SSSR count). The van der Waals surface area contributed by atoms with E-state index in [-0.39, 0.29) is 5.91 Å². The van der Waals surface area contributed by atoms with E-state index in [2.05, 4.69) is 17.2 Å². The van der Waals surface area contributed by atoms with Crippen molar-refractivity contribution in [2.45, 2.75) is 13.5 Å². The standard InChI is InChI=1S/C20H24N2O3/c1-4-12-25-18-11-10-15(13-19(18)24-3)20(23)22-17-9-7-6-8-16(17)14-21-5-2/h4,6-11,13,21H,1,5,12,14H2,2-3H3,(H,22,23). The number of carbonyl (C=O) groups excluding carboxylic acids is 1. The van der Waals surface area contributed by atoms with Gasteiger partial charge < -0.3 is 20.1 Å². The fraction of sp³-hybridized carbons (Fsp3) is 0.250. The summed E-state index contributed by atoms with van der Waals surface area (Å²) in [5.74, 6) is 0.888. The largest absolute Gasteiger partial charge is 0.493 e. The Labute approximate surface area is 148 Å². The molecular formula is C20H24N2O3. The molecule has 0 spiro atoms. The highest BCUT2D eigenvalue weighted by Crippen LogP contribution is 2.28. The summed E-state index contributed by atoms with van der Waals surface area (Å²) in [6.07, 6.45) is 1.65. The maximum absolute atomic E-state index is 12.6. The minimum Gasteiger partial charge on any atom is -0.493 e. The maximum atomic E-state index is 12.6. The summed E-state index contributed by atoms with van der Waals surface area (Å²) < 4.78 is 10.8. The van der Waals surface area contributed by atoms with Crippen LogP contribution in [-0.4, -0.2) is 26.2 Å². The van der Waals surface area contributed by atoms with E-state index in [0.29, 0.717) is 30.2 Å².